The van der Waals surface area contributed by atoms with Gasteiger partial charge in [0.25, 0.3) is 0 Å². The first-order valence-corrected chi connectivity index (χ1v) is 8.36. The lowest BCUT2D eigenvalue weighted by Crippen LogP contribution is -2.30. The number of phenols is 1. The van der Waals surface area contributed by atoms with Crippen LogP contribution in [0.2, 0.25) is 0 Å². The molecule has 0 aliphatic heterocycles. The molecule has 4 unspecified atom stereocenters. The summed E-state index contributed by atoms with van der Waals surface area (Å²) in [6, 6.07) is 6.00. The van der Waals surface area contributed by atoms with Crippen molar-refractivity contribution in [2.45, 2.75) is 30.2 Å². The molecule has 102 valence electrons. The minimum atomic E-state index is -3.49. The summed E-state index contributed by atoms with van der Waals surface area (Å²) in [7, 11) is -3.49. The van der Waals surface area contributed by atoms with Gasteiger partial charge in [0.2, 0.25) is 10.0 Å². The lowest BCUT2D eigenvalue weighted by Gasteiger charge is -2.11. The van der Waals surface area contributed by atoms with Crippen LogP contribution in [0.3, 0.4) is 0 Å². The van der Waals surface area contributed by atoms with Crippen molar-refractivity contribution in [3.05, 3.63) is 24.3 Å². The number of rotatable bonds is 3. The third kappa shape index (κ3) is 1.71. The highest BCUT2D eigenvalue weighted by molar-refractivity contribution is 7.89. The largest absolute Gasteiger partial charge is 0.508 e. The van der Waals surface area contributed by atoms with E-state index in [2.05, 4.69) is 4.72 Å². The van der Waals surface area contributed by atoms with Gasteiger partial charge in [0, 0.05) is 6.04 Å². The minimum Gasteiger partial charge on any atom is -0.508 e. The molecule has 5 heteroatoms. The van der Waals surface area contributed by atoms with E-state index in [0.29, 0.717) is 11.8 Å². The van der Waals surface area contributed by atoms with Crippen LogP contribution >= 0.6 is 0 Å². The summed E-state index contributed by atoms with van der Waals surface area (Å²) in [4.78, 5) is 0.157. The number of hydrogen-bond acceptors (Lipinski definition) is 3. The molecule has 3 aliphatic carbocycles. The zero-order valence-electron chi connectivity index (χ0n) is 10.5. The van der Waals surface area contributed by atoms with Crippen LogP contribution in [0, 0.1) is 23.7 Å². The molecule has 1 aromatic carbocycles. The van der Waals surface area contributed by atoms with Crippen LogP contribution in [-0.4, -0.2) is 19.6 Å². The first kappa shape index (κ1) is 11.7. The first-order valence-electron chi connectivity index (χ1n) is 6.87. The van der Waals surface area contributed by atoms with Crippen molar-refractivity contribution in [3.8, 4) is 5.75 Å². The maximum absolute atomic E-state index is 12.3. The number of nitrogens with one attached hydrogen (secondary N) is 1. The Kier molecular flexibility index (Phi) is 2.30. The van der Waals surface area contributed by atoms with Crippen molar-refractivity contribution in [1.82, 2.24) is 4.72 Å². The van der Waals surface area contributed by atoms with E-state index >= 15 is 0 Å². The van der Waals surface area contributed by atoms with Gasteiger partial charge in [0.1, 0.15) is 5.75 Å². The van der Waals surface area contributed by atoms with Crippen LogP contribution in [0.25, 0.3) is 0 Å². The van der Waals surface area contributed by atoms with Gasteiger partial charge in [-0.3, -0.25) is 0 Å². The lowest BCUT2D eigenvalue weighted by atomic mass is 10.0. The summed E-state index contributed by atoms with van der Waals surface area (Å²) in [6.07, 6.45) is 3.85. The molecule has 4 atom stereocenters. The zero-order chi connectivity index (χ0) is 13.2. The second-order valence-electron chi connectivity index (χ2n) is 6.13. The van der Waals surface area contributed by atoms with Crippen molar-refractivity contribution < 1.29 is 13.5 Å². The normalized spacial score (nSPS) is 39.3. The van der Waals surface area contributed by atoms with Gasteiger partial charge >= 0.3 is 0 Å². The molecule has 2 N–H and O–H groups in total. The molecule has 0 saturated heterocycles. The smallest absolute Gasteiger partial charge is 0.240 e. The second-order valence-corrected chi connectivity index (χ2v) is 7.85. The highest BCUT2D eigenvalue weighted by Crippen LogP contribution is 2.65. The molecule has 0 heterocycles. The summed E-state index contributed by atoms with van der Waals surface area (Å²) >= 11 is 0. The number of aromatic hydroxyl groups is 1. The van der Waals surface area contributed by atoms with E-state index in [0.717, 1.165) is 11.8 Å². The third-order valence-electron chi connectivity index (χ3n) is 5.15. The Hall–Kier alpha value is -1.07. The third-order valence-corrected chi connectivity index (χ3v) is 6.61. The molecule has 0 amide bonds. The molecule has 3 aliphatic rings. The van der Waals surface area contributed by atoms with Gasteiger partial charge in [-0.15, -0.1) is 0 Å². The average molecular weight is 279 g/mol. The lowest BCUT2D eigenvalue weighted by molar-refractivity contribution is 0.456. The Bertz CT molecular complexity index is 611. The number of hydrogen-bond donors (Lipinski definition) is 2. The van der Waals surface area contributed by atoms with E-state index in [1.165, 1.54) is 37.5 Å². The van der Waals surface area contributed by atoms with Gasteiger partial charge in [-0.05, 0) is 61.1 Å². The topological polar surface area (TPSA) is 66.4 Å². The quantitative estimate of drug-likeness (QED) is 0.885. The highest BCUT2D eigenvalue weighted by Gasteiger charge is 2.65. The molecule has 4 nitrogen and oxygen atoms in total. The molecule has 3 saturated carbocycles. The van der Waals surface area contributed by atoms with E-state index in [-0.39, 0.29) is 16.7 Å². The first-order chi connectivity index (χ1) is 9.06. The fourth-order valence-electron chi connectivity index (χ4n) is 4.38. The predicted octanol–water partition coefficient (Wildman–Crippen LogP) is 1.71. The molecule has 3 fully saturated rings. The standard InChI is InChI=1S/C14H17NO3S/c16-10-2-1-3-11(7-10)19(17,18)15-14-12-8-4-5-9(6-8)13(12)14/h1-3,7-9,12-16H,4-6H2. The maximum Gasteiger partial charge on any atom is 0.240 e. The molecular formula is C14H17NO3S. The molecule has 2 bridgehead atoms. The van der Waals surface area contributed by atoms with Crippen molar-refractivity contribution in [2.75, 3.05) is 0 Å². The van der Waals surface area contributed by atoms with E-state index in [9.17, 15) is 13.5 Å². The fraction of sp³-hybridized carbons (Fsp3) is 0.571. The van der Waals surface area contributed by atoms with Gasteiger partial charge < -0.3 is 5.11 Å². The van der Waals surface area contributed by atoms with Crippen LogP contribution in [0.15, 0.2) is 29.2 Å². The highest BCUT2D eigenvalue weighted by atomic mass is 32.2. The Morgan fingerprint density at radius 1 is 1.16 bits per heavy atom. The SMILES string of the molecule is O=S(=O)(NC1C2C3CCC(C3)C12)c1cccc(O)c1. The van der Waals surface area contributed by atoms with Crippen LogP contribution in [0.5, 0.6) is 5.75 Å². The van der Waals surface area contributed by atoms with Crippen LogP contribution in [0.1, 0.15) is 19.3 Å². The summed E-state index contributed by atoms with van der Waals surface area (Å²) < 4.78 is 27.4. The second kappa shape index (κ2) is 3.73. The van der Waals surface area contributed by atoms with E-state index in [1.807, 2.05) is 0 Å². The summed E-state index contributed by atoms with van der Waals surface area (Å²) in [6.45, 7) is 0. The van der Waals surface area contributed by atoms with Gasteiger partial charge in [0.15, 0.2) is 0 Å². The van der Waals surface area contributed by atoms with Crippen LogP contribution in [-0.2, 0) is 10.0 Å². The summed E-state index contributed by atoms with van der Waals surface area (Å²) in [5, 5.41) is 9.39. The predicted molar refractivity (Wildman–Crippen MR) is 70.0 cm³/mol. The summed E-state index contributed by atoms with van der Waals surface area (Å²) in [5.74, 6) is 2.62. The fourth-order valence-corrected chi connectivity index (χ4v) is 5.72. The summed E-state index contributed by atoms with van der Waals surface area (Å²) in [5.41, 5.74) is 0. The molecule has 0 spiro atoms. The molecule has 19 heavy (non-hydrogen) atoms. The maximum atomic E-state index is 12.3. The van der Waals surface area contributed by atoms with Crippen molar-refractivity contribution >= 4 is 10.0 Å². The number of fused-ring (bicyclic) bond motifs is 5. The van der Waals surface area contributed by atoms with E-state index in [1.54, 1.807) is 6.07 Å². The minimum absolute atomic E-state index is 0.0149. The number of sulfonamides is 1. The van der Waals surface area contributed by atoms with Gasteiger partial charge in [-0.25, -0.2) is 13.1 Å². The van der Waals surface area contributed by atoms with Gasteiger partial charge in [0.05, 0.1) is 4.90 Å². The Morgan fingerprint density at radius 2 is 1.84 bits per heavy atom. The van der Waals surface area contributed by atoms with Gasteiger partial charge in [-0.2, -0.15) is 0 Å². The van der Waals surface area contributed by atoms with Crippen molar-refractivity contribution in [1.29, 1.82) is 0 Å². The van der Waals surface area contributed by atoms with Gasteiger partial charge in [-0.1, -0.05) is 6.07 Å². The molecular weight excluding hydrogens is 262 g/mol. The van der Waals surface area contributed by atoms with Crippen LogP contribution < -0.4 is 4.72 Å². The number of benzene rings is 1. The Morgan fingerprint density at radius 3 is 2.47 bits per heavy atom. The molecule has 0 radical (unpaired) electrons. The van der Waals surface area contributed by atoms with E-state index < -0.39 is 10.0 Å². The van der Waals surface area contributed by atoms with E-state index in [4.69, 9.17) is 0 Å². The Balaban J connectivity index is 1.55. The van der Waals surface area contributed by atoms with Crippen molar-refractivity contribution in [3.63, 3.8) is 0 Å². The average Bonchev–Trinajstić information content (AvgIpc) is 2.77. The molecule has 4 rings (SSSR count). The van der Waals surface area contributed by atoms with Crippen molar-refractivity contribution in [2.24, 2.45) is 23.7 Å². The zero-order valence-corrected chi connectivity index (χ0v) is 11.3. The monoisotopic (exact) mass is 279 g/mol. The molecule has 0 aromatic heterocycles. The van der Waals surface area contributed by atoms with Crippen LogP contribution in [0.4, 0.5) is 0 Å². The molecule has 1 aromatic rings. The number of phenolic OH excluding ortho intramolecular Hbond substituents is 1. The Labute approximate surface area is 112 Å².